The van der Waals surface area contributed by atoms with E-state index in [0.29, 0.717) is 18.5 Å². The predicted octanol–water partition coefficient (Wildman–Crippen LogP) is 1.81. The number of nitrogen functional groups attached to an aromatic ring is 1. The molecule has 1 unspecified atom stereocenters. The second kappa shape index (κ2) is 11.0. The number of carbonyl (C=O) groups is 2. The van der Waals surface area contributed by atoms with Crippen molar-refractivity contribution in [2.75, 3.05) is 6.54 Å². The highest BCUT2D eigenvalue weighted by Crippen LogP contribution is 2.29. The molecular weight excluding hydrogens is 442 g/mol. The minimum Gasteiger partial charge on any atom is -0.384 e. The van der Waals surface area contributed by atoms with Crippen molar-refractivity contribution in [1.29, 1.82) is 5.41 Å². The Morgan fingerprint density at radius 3 is 2.74 bits per heavy atom. The van der Waals surface area contributed by atoms with E-state index in [1.54, 1.807) is 25.3 Å². The van der Waals surface area contributed by atoms with Crippen LogP contribution in [-0.4, -0.2) is 46.1 Å². The van der Waals surface area contributed by atoms with Crippen LogP contribution in [0.15, 0.2) is 67.0 Å². The molecule has 0 aliphatic carbocycles. The predicted molar refractivity (Wildman–Crippen MR) is 134 cm³/mol. The molecular formula is C26H31N7O2. The number of benzene rings is 2. The van der Waals surface area contributed by atoms with Gasteiger partial charge in [-0.15, -0.1) is 0 Å². The molecule has 1 fully saturated rings. The maximum Gasteiger partial charge on any atom is 0.242 e. The molecule has 0 bridgehead atoms. The van der Waals surface area contributed by atoms with Crippen LogP contribution in [0, 0.1) is 5.41 Å². The van der Waals surface area contributed by atoms with Crippen molar-refractivity contribution < 1.29 is 9.59 Å². The molecule has 2 aromatic carbocycles. The van der Waals surface area contributed by atoms with Gasteiger partial charge in [-0.1, -0.05) is 36.4 Å². The zero-order chi connectivity index (χ0) is 24.8. The summed E-state index contributed by atoms with van der Waals surface area (Å²) in [4.78, 5) is 25.5. The quantitative estimate of drug-likeness (QED) is 0.251. The number of hydrogen-bond acceptors (Lipinski definition) is 5. The van der Waals surface area contributed by atoms with Gasteiger partial charge in [0.05, 0.1) is 11.7 Å². The van der Waals surface area contributed by atoms with Crippen molar-refractivity contribution >= 4 is 17.6 Å². The van der Waals surface area contributed by atoms with E-state index in [1.807, 2.05) is 41.2 Å². The van der Waals surface area contributed by atoms with Crippen molar-refractivity contribution in [1.82, 2.24) is 25.7 Å². The van der Waals surface area contributed by atoms with Gasteiger partial charge >= 0.3 is 0 Å². The third-order valence-corrected chi connectivity index (χ3v) is 6.31. The minimum absolute atomic E-state index is 0.00101. The molecule has 1 aliphatic heterocycles. The maximum atomic E-state index is 12.9. The Morgan fingerprint density at radius 1 is 1.23 bits per heavy atom. The van der Waals surface area contributed by atoms with Gasteiger partial charge in [0.15, 0.2) is 0 Å². The lowest BCUT2D eigenvalue weighted by Crippen LogP contribution is -2.53. The molecule has 4 rings (SSSR count). The van der Waals surface area contributed by atoms with Crippen molar-refractivity contribution in [2.45, 2.75) is 44.3 Å². The zero-order valence-electron chi connectivity index (χ0n) is 19.7. The summed E-state index contributed by atoms with van der Waals surface area (Å²) in [6, 6.07) is 16.2. The van der Waals surface area contributed by atoms with Crippen molar-refractivity contribution in [3.05, 3.63) is 83.7 Å². The summed E-state index contributed by atoms with van der Waals surface area (Å²) in [5.41, 5.74) is 9.16. The minimum atomic E-state index is -0.663. The molecule has 2 amide bonds. The SMILES string of the molecule is CC(NC(=O)[C@H]1C[C@@H](c2cccc(-n3cccn3)c2)CCN1)C(=O)NCc1ccc(C(=N)N)cc1. The molecule has 6 N–H and O–H groups in total. The number of carbonyl (C=O) groups excluding carboxylic acids is 2. The van der Waals surface area contributed by atoms with Gasteiger partial charge in [0.1, 0.15) is 11.9 Å². The fourth-order valence-corrected chi connectivity index (χ4v) is 4.29. The summed E-state index contributed by atoms with van der Waals surface area (Å²) in [5.74, 6) is -0.189. The third-order valence-electron chi connectivity index (χ3n) is 6.31. The van der Waals surface area contributed by atoms with Gasteiger partial charge in [0.25, 0.3) is 0 Å². The van der Waals surface area contributed by atoms with Gasteiger partial charge in [-0.3, -0.25) is 15.0 Å². The van der Waals surface area contributed by atoms with Crippen LogP contribution in [0.25, 0.3) is 5.69 Å². The number of nitrogens with zero attached hydrogens (tertiary/aromatic N) is 2. The number of hydrogen-bond donors (Lipinski definition) is 5. The Hall–Kier alpha value is -3.98. The van der Waals surface area contributed by atoms with E-state index in [1.165, 1.54) is 5.56 Å². The van der Waals surface area contributed by atoms with Crippen LogP contribution in [0.1, 0.15) is 42.4 Å². The smallest absolute Gasteiger partial charge is 0.242 e. The molecule has 0 saturated carbocycles. The zero-order valence-corrected chi connectivity index (χ0v) is 19.7. The lowest BCUT2D eigenvalue weighted by atomic mass is 9.86. The number of nitrogens with two attached hydrogens (primary N) is 1. The molecule has 0 spiro atoms. The molecule has 1 aromatic heterocycles. The van der Waals surface area contributed by atoms with Crippen LogP contribution in [-0.2, 0) is 16.1 Å². The molecule has 3 aromatic rings. The Labute approximate surface area is 204 Å². The molecule has 35 heavy (non-hydrogen) atoms. The summed E-state index contributed by atoms with van der Waals surface area (Å²) >= 11 is 0. The summed E-state index contributed by atoms with van der Waals surface area (Å²) in [6.45, 7) is 2.74. The van der Waals surface area contributed by atoms with Gasteiger partial charge in [0.2, 0.25) is 11.8 Å². The number of amides is 2. The molecule has 9 heteroatoms. The Balaban J connectivity index is 1.30. The van der Waals surface area contributed by atoms with E-state index in [0.717, 1.165) is 24.2 Å². The van der Waals surface area contributed by atoms with Crippen LogP contribution >= 0.6 is 0 Å². The Bertz CT molecular complexity index is 1170. The topological polar surface area (TPSA) is 138 Å². The number of amidine groups is 1. The van der Waals surface area contributed by atoms with E-state index in [-0.39, 0.29) is 29.6 Å². The Kier molecular flexibility index (Phi) is 7.57. The lowest BCUT2D eigenvalue weighted by molar-refractivity contribution is -0.130. The van der Waals surface area contributed by atoms with E-state index >= 15 is 0 Å². The number of rotatable bonds is 8. The largest absolute Gasteiger partial charge is 0.384 e. The van der Waals surface area contributed by atoms with E-state index in [4.69, 9.17) is 11.1 Å². The van der Waals surface area contributed by atoms with Gasteiger partial charge < -0.3 is 21.7 Å². The standard InChI is InChI=1S/C26H31N7O2/c1-17(25(34)30-16-18-6-8-19(9-7-18)24(27)28)32-26(35)23-15-21(10-12-29-23)20-4-2-5-22(14-20)33-13-3-11-31-33/h2-9,11,13-14,17,21,23,29H,10,12,15-16H2,1H3,(H3,27,28)(H,30,34)(H,32,35)/t17?,21-,23+/m0/s1. The summed E-state index contributed by atoms with van der Waals surface area (Å²) in [5, 5.41) is 20.7. The van der Waals surface area contributed by atoms with Crippen LogP contribution in [0.3, 0.4) is 0 Å². The number of nitrogens with one attached hydrogen (secondary N) is 4. The molecule has 9 nitrogen and oxygen atoms in total. The average molecular weight is 474 g/mol. The van der Waals surface area contributed by atoms with Gasteiger partial charge in [-0.05, 0) is 61.6 Å². The van der Waals surface area contributed by atoms with Crippen LogP contribution in [0.4, 0.5) is 0 Å². The second-order valence-electron chi connectivity index (χ2n) is 8.83. The van der Waals surface area contributed by atoms with Gasteiger partial charge in [-0.25, -0.2) is 4.68 Å². The molecule has 182 valence electrons. The van der Waals surface area contributed by atoms with E-state index < -0.39 is 6.04 Å². The first-order valence-corrected chi connectivity index (χ1v) is 11.8. The molecule has 1 saturated heterocycles. The first kappa shape index (κ1) is 24.2. The first-order valence-electron chi connectivity index (χ1n) is 11.8. The molecule has 3 atom stereocenters. The number of aromatic nitrogens is 2. The highest BCUT2D eigenvalue weighted by molar-refractivity contribution is 5.95. The fourth-order valence-electron chi connectivity index (χ4n) is 4.29. The summed E-state index contributed by atoms with van der Waals surface area (Å²) < 4.78 is 1.83. The van der Waals surface area contributed by atoms with Crippen molar-refractivity contribution in [3.8, 4) is 5.69 Å². The van der Waals surface area contributed by atoms with Crippen LogP contribution < -0.4 is 21.7 Å². The second-order valence-corrected chi connectivity index (χ2v) is 8.83. The molecule has 1 aliphatic rings. The highest BCUT2D eigenvalue weighted by Gasteiger charge is 2.29. The monoisotopic (exact) mass is 473 g/mol. The Morgan fingerprint density at radius 2 is 2.03 bits per heavy atom. The summed E-state index contributed by atoms with van der Waals surface area (Å²) in [7, 11) is 0. The first-order chi connectivity index (χ1) is 16.9. The highest BCUT2D eigenvalue weighted by atomic mass is 16.2. The van der Waals surface area contributed by atoms with Crippen LogP contribution in [0.5, 0.6) is 0 Å². The van der Waals surface area contributed by atoms with E-state index in [9.17, 15) is 9.59 Å². The van der Waals surface area contributed by atoms with E-state index in [2.05, 4.69) is 33.2 Å². The molecule has 2 heterocycles. The third kappa shape index (κ3) is 6.13. The maximum absolute atomic E-state index is 12.9. The summed E-state index contributed by atoms with van der Waals surface area (Å²) in [6.07, 6.45) is 5.25. The van der Waals surface area contributed by atoms with Crippen molar-refractivity contribution in [2.24, 2.45) is 5.73 Å². The normalized spacial score (nSPS) is 18.4. The van der Waals surface area contributed by atoms with Crippen molar-refractivity contribution in [3.63, 3.8) is 0 Å². The molecule has 0 radical (unpaired) electrons. The lowest BCUT2D eigenvalue weighted by Gasteiger charge is -2.30. The van der Waals surface area contributed by atoms with Gasteiger partial charge in [-0.2, -0.15) is 5.10 Å². The fraction of sp³-hybridized carbons (Fsp3) is 0.308. The number of piperidine rings is 1. The average Bonchev–Trinajstić information content (AvgIpc) is 3.43. The van der Waals surface area contributed by atoms with Gasteiger partial charge in [0, 0.05) is 24.5 Å². The van der Waals surface area contributed by atoms with Crippen LogP contribution in [0.2, 0.25) is 0 Å².